The van der Waals surface area contributed by atoms with E-state index in [-0.39, 0.29) is 36.6 Å². The second-order valence-electron chi connectivity index (χ2n) is 19.0. The molecule has 0 aromatic carbocycles. The van der Waals surface area contributed by atoms with E-state index in [0.29, 0.717) is 75.8 Å². The molecular formula is C54H72N4O5. The van der Waals surface area contributed by atoms with Gasteiger partial charge in [-0.25, -0.2) is 15.0 Å². The van der Waals surface area contributed by atoms with Gasteiger partial charge >= 0.3 is 11.9 Å². The predicted octanol–water partition coefficient (Wildman–Crippen LogP) is 12.4. The van der Waals surface area contributed by atoms with Gasteiger partial charge < -0.3 is 20.3 Å². The monoisotopic (exact) mass is 857 g/mol. The van der Waals surface area contributed by atoms with Crippen LogP contribution in [0.3, 0.4) is 0 Å². The van der Waals surface area contributed by atoms with Crippen molar-refractivity contribution in [2.45, 2.75) is 129 Å². The zero-order valence-electron chi connectivity index (χ0n) is 40.2. The molecular weight excluding hydrogens is 785 g/mol. The topological polar surface area (TPSA) is 133 Å². The number of aliphatic imine (C=N–C) groups is 3. The van der Waals surface area contributed by atoms with Gasteiger partial charge in [0.1, 0.15) is 18.3 Å². The average Bonchev–Trinajstić information content (AvgIpc) is 3.98. The number of hydrogen-bond acceptors (Lipinski definition) is 8. The number of fused-ring (bicyclic) bond motifs is 5. The van der Waals surface area contributed by atoms with Crippen LogP contribution in [-0.4, -0.2) is 45.9 Å². The number of carboxylic acids is 1. The Hall–Kier alpha value is -5.05. The number of ether oxygens (including phenoxy) is 1. The van der Waals surface area contributed by atoms with Crippen LogP contribution in [0.4, 0.5) is 0 Å². The molecule has 1 fully saturated rings. The first-order valence-electron chi connectivity index (χ1n) is 23.6. The molecule has 0 spiro atoms. The van der Waals surface area contributed by atoms with Crippen molar-refractivity contribution in [2.24, 2.45) is 68.2 Å². The summed E-state index contributed by atoms with van der Waals surface area (Å²) in [6.45, 7) is 33.1. The van der Waals surface area contributed by atoms with E-state index in [4.69, 9.17) is 19.7 Å². The average molecular weight is 857 g/mol. The Bertz CT molecular complexity index is 2330. The molecule has 6 rings (SSSR count). The van der Waals surface area contributed by atoms with Gasteiger partial charge in [-0.2, -0.15) is 0 Å². The minimum Gasteiger partial charge on any atom is -0.510 e. The van der Waals surface area contributed by atoms with Crippen molar-refractivity contribution in [3.63, 3.8) is 0 Å². The number of esters is 1. The van der Waals surface area contributed by atoms with Gasteiger partial charge in [-0.15, -0.1) is 0 Å². The molecule has 0 radical (unpaired) electrons. The second kappa shape index (κ2) is 19.4. The Morgan fingerprint density at radius 2 is 1.56 bits per heavy atom. The number of nitrogens with one attached hydrogen (secondary N) is 1. The van der Waals surface area contributed by atoms with E-state index >= 15 is 0 Å². The molecule has 9 heteroatoms. The maximum Gasteiger partial charge on any atom is 0.318 e. The fourth-order valence-corrected chi connectivity index (χ4v) is 11.8. The van der Waals surface area contributed by atoms with E-state index in [1.807, 2.05) is 38.2 Å². The van der Waals surface area contributed by atoms with Crippen molar-refractivity contribution in [3.05, 3.63) is 116 Å². The van der Waals surface area contributed by atoms with Crippen LogP contribution in [-0.2, 0) is 14.3 Å². The molecule has 0 saturated carbocycles. The Labute approximate surface area is 376 Å². The molecule has 0 aromatic heterocycles. The minimum atomic E-state index is -1.32. The molecule has 8 atom stereocenters. The highest BCUT2D eigenvalue weighted by Crippen LogP contribution is 2.49. The Morgan fingerprint density at radius 3 is 2.16 bits per heavy atom. The highest BCUT2D eigenvalue weighted by atomic mass is 16.5. The van der Waals surface area contributed by atoms with Gasteiger partial charge in [0.05, 0.1) is 34.2 Å². The lowest BCUT2D eigenvalue weighted by Gasteiger charge is -2.39. The predicted molar refractivity (Wildman–Crippen MR) is 257 cm³/mol. The fraction of sp³-hybridized carbons (Fsp3) is 0.537. The van der Waals surface area contributed by atoms with Gasteiger partial charge in [0.25, 0.3) is 0 Å². The number of rotatable bonds is 17. The Morgan fingerprint density at radius 1 is 0.889 bits per heavy atom. The van der Waals surface area contributed by atoms with Crippen LogP contribution >= 0.6 is 0 Å². The summed E-state index contributed by atoms with van der Waals surface area (Å²) in [7, 11) is 0. The molecule has 0 aromatic rings. The van der Waals surface area contributed by atoms with Crippen LogP contribution in [0.15, 0.2) is 131 Å². The minimum absolute atomic E-state index is 0.133. The summed E-state index contributed by atoms with van der Waals surface area (Å²) in [6.07, 6.45) is 14.6. The second-order valence-corrected chi connectivity index (χ2v) is 19.0. The van der Waals surface area contributed by atoms with E-state index in [1.165, 1.54) is 12.0 Å². The van der Waals surface area contributed by atoms with Gasteiger partial charge in [-0.05, 0) is 129 Å². The van der Waals surface area contributed by atoms with Crippen LogP contribution in [0.5, 0.6) is 0 Å². The van der Waals surface area contributed by atoms with Crippen LogP contribution < -0.4 is 5.32 Å². The van der Waals surface area contributed by atoms with E-state index in [9.17, 15) is 19.8 Å². The standard InChI is InChI=1S/C54H72N4O5/c1-15-35(27(6)7)29(9)37(17-3)30(10)36(16-2)28(8)22-23-63-47(59)21-20-40-33(13)43-24-41-31(11)38(18-4)45(55-41)25-42-32(12)39(19-5)46(56-42)26-44-34(14)48-52(58-44)49(51(40)57-43)50(53(48)60)54(61)62/h18,22,24-27,29-30,33,35-37,40,50,57,60H,4,15-17,19-21,23H2,1-3,5-14H3,(H,61,62)/b28-22+,43-24?,45-25?,46-26?,51-49?/t29-,30+,33?,35?,36?,37?,40+,50?/m1/s1. The molecule has 3 N–H and O–H groups in total. The van der Waals surface area contributed by atoms with Crippen molar-refractivity contribution in [1.82, 2.24) is 5.32 Å². The highest BCUT2D eigenvalue weighted by Gasteiger charge is 2.48. The van der Waals surface area contributed by atoms with Crippen molar-refractivity contribution < 1.29 is 24.5 Å². The summed E-state index contributed by atoms with van der Waals surface area (Å²) in [5, 5.41) is 26.1. The molecule has 1 aliphatic carbocycles. The van der Waals surface area contributed by atoms with Crippen LogP contribution in [0.2, 0.25) is 0 Å². The number of carbonyl (C=O) groups excluding carboxylic acids is 1. The largest absolute Gasteiger partial charge is 0.510 e. The maximum atomic E-state index is 13.6. The first-order chi connectivity index (χ1) is 29.9. The quantitative estimate of drug-likeness (QED) is 0.0985. The molecule has 8 bridgehead atoms. The summed E-state index contributed by atoms with van der Waals surface area (Å²) in [6, 6.07) is 0. The summed E-state index contributed by atoms with van der Waals surface area (Å²) in [4.78, 5) is 42.0. The third-order valence-electron chi connectivity index (χ3n) is 15.5. The van der Waals surface area contributed by atoms with E-state index in [1.54, 1.807) is 0 Å². The number of aliphatic hydroxyl groups is 1. The van der Waals surface area contributed by atoms with E-state index in [0.717, 1.165) is 70.1 Å². The molecule has 63 heavy (non-hydrogen) atoms. The van der Waals surface area contributed by atoms with Crippen molar-refractivity contribution in [2.75, 3.05) is 6.61 Å². The van der Waals surface area contributed by atoms with Crippen molar-refractivity contribution in [1.29, 1.82) is 0 Å². The Balaban J connectivity index is 1.32. The fourth-order valence-electron chi connectivity index (χ4n) is 11.8. The molecule has 6 aliphatic rings. The first-order valence-corrected chi connectivity index (χ1v) is 23.6. The lowest BCUT2D eigenvalue weighted by atomic mass is 9.66. The van der Waals surface area contributed by atoms with Gasteiger partial charge in [0.15, 0.2) is 0 Å². The summed E-state index contributed by atoms with van der Waals surface area (Å²) in [5.74, 6) is -0.0162. The number of carbonyl (C=O) groups is 2. The lowest BCUT2D eigenvalue weighted by Crippen LogP contribution is -2.32. The number of allylic oxidation sites excluding steroid dienone is 12. The summed E-state index contributed by atoms with van der Waals surface area (Å²) in [5.41, 5.74) is 12.5. The van der Waals surface area contributed by atoms with Gasteiger partial charge in [0.2, 0.25) is 0 Å². The van der Waals surface area contributed by atoms with Crippen molar-refractivity contribution in [3.8, 4) is 0 Å². The van der Waals surface area contributed by atoms with E-state index in [2.05, 4.69) is 94.1 Å². The van der Waals surface area contributed by atoms with Gasteiger partial charge in [0, 0.05) is 46.4 Å². The van der Waals surface area contributed by atoms with Crippen LogP contribution in [0.1, 0.15) is 129 Å². The molecule has 5 heterocycles. The van der Waals surface area contributed by atoms with Crippen LogP contribution in [0, 0.1) is 53.3 Å². The molecule has 338 valence electrons. The molecule has 5 aliphatic heterocycles. The number of carboxylic acid groups (broad SMARTS) is 1. The SMILES string of the molecule is C=CC1=C(C)C2=NC1=CC1=NC(=CC3=C(C)C4=C(O)C(C(=O)O)C(=C5NC(=C2)C(C)[C@@H]5CCC(=O)OC/C=C(\C)C(CC)[C@H](C)C(CC)[C@H](C)C(CC)C(C)C)C4=N3)C(CC)=C1C. The zero-order valence-corrected chi connectivity index (χ0v) is 40.2. The third kappa shape index (κ3) is 8.78. The smallest absolute Gasteiger partial charge is 0.318 e. The lowest BCUT2D eigenvalue weighted by molar-refractivity contribution is -0.143. The number of aliphatic hydroxyl groups excluding tert-OH is 1. The molecule has 9 nitrogen and oxygen atoms in total. The van der Waals surface area contributed by atoms with Gasteiger partial charge in [-0.3, -0.25) is 9.59 Å². The molecule has 0 amide bonds. The molecule has 1 saturated heterocycles. The zero-order chi connectivity index (χ0) is 46.2. The van der Waals surface area contributed by atoms with Crippen molar-refractivity contribution >= 4 is 29.1 Å². The summed E-state index contributed by atoms with van der Waals surface area (Å²) >= 11 is 0. The Kier molecular flexibility index (Phi) is 14.6. The number of nitrogens with zero attached hydrogens (tertiary/aromatic N) is 3. The maximum absolute atomic E-state index is 13.6. The highest BCUT2D eigenvalue weighted by molar-refractivity contribution is 6.24. The third-order valence-corrected chi connectivity index (χ3v) is 15.5. The van der Waals surface area contributed by atoms with E-state index < -0.39 is 11.9 Å². The van der Waals surface area contributed by atoms with Crippen LogP contribution in [0.25, 0.3) is 0 Å². The van der Waals surface area contributed by atoms with Gasteiger partial charge in [-0.1, -0.05) is 93.4 Å². The first kappa shape index (κ1) is 47.4. The normalized spacial score (nSPS) is 24.5. The molecule has 5 unspecified atom stereocenters. The summed E-state index contributed by atoms with van der Waals surface area (Å²) < 4.78 is 5.92. The number of hydrogen-bond donors (Lipinski definition) is 3. The number of aliphatic carboxylic acids is 1.